The summed E-state index contributed by atoms with van der Waals surface area (Å²) in [6.07, 6.45) is 7.22. The lowest BCUT2D eigenvalue weighted by Crippen LogP contribution is -2.31. The van der Waals surface area contributed by atoms with Crippen molar-refractivity contribution in [2.75, 3.05) is 6.61 Å². The van der Waals surface area contributed by atoms with E-state index in [0.717, 1.165) is 25.7 Å². The number of aromatic nitrogens is 2. The quantitative estimate of drug-likeness (QED) is 0.748. The van der Waals surface area contributed by atoms with Crippen LogP contribution in [0, 0.1) is 0 Å². The third-order valence-corrected chi connectivity index (χ3v) is 4.38. The highest BCUT2D eigenvalue weighted by Crippen LogP contribution is 2.38. The Balaban J connectivity index is 2.28. The molecule has 0 amide bonds. The Kier molecular flexibility index (Phi) is 5.51. The van der Waals surface area contributed by atoms with E-state index < -0.39 is 5.60 Å². The summed E-state index contributed by atoms with van der Waals surface area (Å²) in [6.45, 7) is 6.16. The van der Waals surface area contributed by atoms with Crippen LogP contribution in [0.25, 0.3) is 0 Å². The van der Waals surface area contributed by atoms with Gasteiger partial charge in [-0.2, -0.15) is 4.98 Å². The van der Waals surface area contributed by atoms with Crippen molar-refractivity contribution in [1.29, 1.82) is 0 Å². The highest BCUT2D eigenvalue weighted by atomic mass is 16.5. The molecule has 1 unspecified atom stereocenters. The normalized spacial score (nSPS) is 20.0. The van der Waals surface area contributed by atoms with E-state index in [1.54, 1.807) is 6.92 Å². The van der Waals surface area contributed by atoms with Gasteiger partial charge in [0.1, 0.15) is 11.4 Å². The first-order valence-corrected chi connectivity index (χ1v) is 8.11. The second-order valence-electron chi connectivity index (χ2n) is 5.87. The fraction of sp³-hybridized carbons (Fsp3) is 0.812. The van der Waals surface area contributed by atoms with Crippen LogP contribution in [0.4, 0.5) is 0 Å². The highest BCUT2D eigenvalue weighted by molar-refractivity contribution is 5.82. The molecule has 1 saturated carbocycles. The Hall–Kier alpha value is -1.23. The first-order chi connectivity index (χ1) is 10.1. The second kappa shape index (κ2) is 7.16. The average Bonchev–Trinajstić information content (AvgIpc) is 2.81. The van der Waals surface area contributed by atoms with Gasteiger partial charge in [-0.25, -0.2) is 0 Å². The summed E-state index contributed by atoms with van der Waals surface area (Å²) in [5.74, 6) is 0.832. The molecule has 0 N–H and O–H groups in total. The van der Waals surface area contributed by atoms with E-state index in [2.05, 4.69) is 10.1 Å². The zero-order valence-corrected chi connectivity index (χ0v) is 13.4. The number of nitrogens with zero attached hydrogens (tertiary/aromatic N) is 2. The fourth-order valence-corrected chi connectivity index (χ4v) is 3.21. The van der Waals surface area contributed by atoms with Gasteiger partial charge < -0.3 is 9.26 Å². The maximum Gasteiger partial charge on any atom is 0.237 e. The first kappa shape index (κ1) is 16.1. The molecule has 5 nitrogen and oxygen atoms in total. The van der Waals surface area contributed by atoms with Gasteiger partial charge in [-0.15, -0.1) is 0 Å². The third kappa shape index (κ3) is 3.51. The molecule has 1 aliphatic carbocycles. The molecule has 1 aromatic rings. The van der Waals surface area contributed by atoms with Crippen LogP contribution in [0.15, 0.2) is 4.52 Å². The predicted molar refractivity (Wildman–Crippen MR) is 79.0 cm³/mol. The fourth-order valence-electron chi connectivity index (χ4n) is 3.21. The zero-order valence-electron chi connectivity index (χ0n) is 13.4. The molecular weight excluding hydrogens is 268 g/mol. The zero-order chi connectivity index (χ0) is 15.3. The van der Waals surface area contributed by atoms with Crippen molar-refractivity contribution in [2.45, 2.75) is 77.2 Å². The molecule has 1 aliphatic rings. The maximum atomic E-state index is 11.7. The Labute approximate surface area is 126 Å². The second-order valence-corrected chi connectivity index (χ2v) is 5.87. The Morgan fingerprint density at radius 1 is 1.29 bits per heavy atom. The van der Waals surface area contributed by atoms with Gasteiger partial charge in [0.2, 0.25) is 11.7 Å². The van der Waals surface area contributed by atoms with Crippen LogP contribution < -0.4 is 0 Å². The van der Waals surface area contributed by atoms with E-state index in [1.807, 2.05) is 13.8 Å². The van der Waals surface area contributed by atoms with Crippen molar-refractivity contribution >= 4 is 5.78 Å². The van der Waals surface area contributed by atoms with Gasteiger partial charge in [0.05, 0.1) is 5.92 Å². The van der Waals surface area contributed by atoms with Crippen LogP contribution in [0.3, 0.4) is 0 Å². The van der Waals surface area contributed by atoms with E-state index in [9.17, 15) is 4.79 Å². The predicted octanol–water partition coefficient (Wildman–Crippen LogP) is 3.74. The lowest BCUT2D eigenvalue weighted by Gasteiger charge is -2.29. The monoisotopic (exact) mass is 294 g/mol. The minimum Gasteiger partial charge on any atom is -0.367 e. The SMILES string of the molecule is CCOC1(c2noc(C(CC)C(C)=O)n2)CCCCCC1. The Morgan fingerprint density at radius 2 is 1.95 bits per heavy atom. The highest BCUT2D eigenvalue weighted by Gasteiger charge is 2.39. The molecule has 1 fully saturated rings. The topological polar surface area (TPSA) is 65.2 Å². The van der Waals surface area contributed by atoms with Gasteiger partial charge in [0.15, 0.2) is 0 Å². The third-order valence-electron chi connectivity index (χ3n) is 4.38. The number of hydrogen-bond donors (Lipinski definition) is 0. The van der Waals surface area contributed by atoms with Crippen molar-refractivity contribution in [3.63, 3.8) is 0 Å². The van der Waals surface area contributed by atoms with Crippen LogP contribution >= 0.6 is 0 Å². The molecule has 1 aromatic heterocycles. The van der Waals surface area contributed by atoms with Gasteiger partial charge in [0, 0.05) is 6.61 Å². The molecule has 1 heterocycles. The molecular formula is C16H26N2O3. The number of carbonyl (C=O) groups is 1. The van der Waals surface area contributed by atoms with Crippen LogP contribution in [0.2, 0.25) is 0 Å². The average molecular weight is 294 g/mol. The molecule has 0 radical (unpaired) electrons. The number of hydrogen-bond acceptors (Lipinski definition) is 5. The summed E-state index contributed by atoms with van der Waals surface area (Å²) in [7, 11) is 0. The van der Waals surface area contributed by atoms with E-state index in [0.29, 0.717) is 24.7 Å². The molecule has 0 aliphatic heterocycles. The molecule has 118 valence electrons. The summed E-state index contributed by atoms with van der Waals surface area (Å²) in [4.78, 5) is 16.2. The molecule has 1 atom stereocenters. The smallest absolute Gasteiger partial charge is 0.237 e. The van der Waals surface area contributed by atoms with Crippen LogP contribution in [0.5, 0.6) is 0 Å². The van der Waals surface area contributed by atoms with Crippen LogP contribution in [-0.4, -0.2) is 22.5 Å². The molecule has 2 rings (SSSR count). The van der Waals surface area contributed by atoms with E-state index in [1.165, 1.54) is 12.8 Å². The summed E-state index contributed by atoms with van der Waals surface area (Å²) >= 11 is 0. The van der Waals surface area contributed by atoms with Crippen LogP contribution in [0.1, 0.15) is 83.3 Å². The minimum atomic E-state index is -0.428. The van der Waals surface area contributed by atoms with Crippen molar-refractivity contribution in [2.24, 2.45) is 0 Å². The van der Waals surface area contributed by atoms with E-state index in [-0.39, 0.29) is 11.7 Å². The molecule has 0 saturated heterocycles. The van der Waals surface area contributed by atoms with Gasteiger partial charge >= 0.3 is 0 Å². The number of ether oxygens (including phenoxy) is 1. The molecule has 21 heavy (non-hydrogen) atoms. The molecule has 0 spiro atoms. The summed E-state index contributed by atoms with van der Waals surface area (Å²) < 4.78 is 11.4. The van der Waals surface area contributed by atoms with Gasteiger partial charge in [0.25, 0.3) is 0 Å². The maximum absolute atomic E-state index is 11.7. The largest absolute Gasteiger partial charge is 0.367 e. The number of ketones is 1. The van der Waals surface area contributed by atoms with Crippen LogP contribution in [-0.2, 0) is 15.1 Å². The number of carbonyl (C=O) groups excluding carboxylic acids is 1. The number of rotatable bonds is 6. The first-order valence-electron chi connectivity index (χ1n) is 8.11. The minimum absolute atomic E-state index is 0.0685. The Morgan fingerprint density at radius 3 is 2.48 bits per heavy atom. The lowest BCUT2D eigenvalue weighted by atomic mass is 9.93. The Bertz CT molecular complexity index is 462. The summed E-state index contributed by atoms with van der Waals surface area (Å²) in [5, 5.41) is 4.16. The van der Waals surface area contributed by atoms with Crippen molar-refractivity contribution in [3.8, 4) is 0 Å². The van der Waals surface area contributed by atoms with Crippen molar-refractivity contribution < 1.29 is 14.1 Å². The van der Waals surface area contributed by atoms with Gasteiger partial charge in [-0.05, 0) is 33.1 Å². The molecule has 5 heteroatoms. The standard InChI is InChI=1S/C16H26N2O3/c1-4-13(12(3)19)14-17-15(18-21-14)16(20-5-2)10-8-6-7-9-11-16/h13H,4-11H2,1-3H3. The summed E-state index contributed by atoms with van der Waals surface area (Å²) in [6, 6.07) is 0. The molecule has 0 aromatic carbocycles. The van der Waals surface area contributed by atoms with Crippen molar-refractivity contribution in [1.82, 2.24) is 10.1 Å². The van der Waals surface area contributed by atoms with E-state index >= 15 is 0 Å². The van der Waals surface area contributed by atoms with Crippen molar-refractivity contribution in [3.05, 3.63) is 11.7 Å². The number of Topliss-reactive ketones (excluding diaryl/α,β-unsaturated/α-hetero) is 1. The molecule has 0 bridgehead atoms. The van der Waals surface area contributed by atoms with E-state index in [4.69, 9.17) is 9.26 Å². The van der Waals surface area contributed by atoms with Gasteiger partial charge in [-0.1, -0.05) is 37.8 Å². The lowest BCUT2D eigenvalue weighted by molar-refractivity contribution is -0.119. The van der Waals surface area contributed by atoms with Gasteiger partial charge in [-0.3, -0.25) is 4.79 Å². The summed E-state index contributed by atoms with van der Waals surface area (Å²) in [5.41, 5.74) is -0.428.